The lowest BCUT2D eigenvalue weighted by atomic mass is 10.1. The van der Waals surface area contributed by atoms with Gasteiger partial charge in [-0.2, -0.15) is 0 Å². The summed E-state index contributed by atoms with van der Waals surface area (Å²) in [6.07, 6.45) is 1.81. The maximum Gasteiger partial charge on any atom is 0.311 e. The molecule has 0 amide bonds. The summed E-state index contributed by atoms with van der Waals surface area (Å²) in [4.78, 5) is 0. The van der Waals surface area contributed by atoms with E-state index in [4.69, 9.17) is 19.8 Å². The first-order chi connectivity index (χ1) is 10.3. The zero-order chi connectivity index (χ0) is 17.9. The van der Waals surface area contributed by atoms with Crippen molar-refractivity contribution in [3.63, 3.8) is 0 Å². The second-order valence-corrected chi connectivity index (χ2v) is 21.2. The van der Waals surface area contributed by atoms with Crippen LogP contribution in [0.3, 0.4) is 0 Å². The van der Waals surface area contributed by atoms with Gasteiger partial charge in [0.15, 0.2) is 16.6 Å². The van der Waals surface area contributed by atoms with Gasteiger partial charge in [0, 0.05) is 5.02 Å². The average Bonchev–Trinajstić information content (AvgIpc) is 2.28. The predicted molar refractivity (Wildman–Crippen MR) is 107 cm³/mol. The SMILES string of the molecule is C[Si](C)(C)O[Si](C)(C)O[Si](C)(C)CCCc1cc(Cl)ccc1O. The van der Waals surface area contributed by atoms with Crippen molar-refractivity contribution in [2.75, 3.05) is 0 Å². The average molecular weight is 391 g/mol. The third-order valence-corrected chi connectivity index (χ3v) is 13.7. The van der Waals surface area contributed by atoms with Crippen LogP contribution in [0.2, 0.25) is 56.9 Å². The van der Waals surface area contributed by atoms with Crippen molar-refractivity contribution in [3.05, 3.63) is 28.8 Å². The third-order valence-electron chi connectivity index (χ3n) is 3.34. The highest BCUT2D eigenvalue weighted by molar-refractivity contribution is 6.87. The highest BCUT2D eigenvalue weighted by atomic mass is 35.5. The van der Waals surface area contributed by atoms with Crippen LogP contribution in [0.4, 0.5) is 0 Å². The number of aryl methyl sites for hydroxylation is 1. The predicted octanol–water partition coefficient (Wildman–Crippen LogP) is 5.75. The molecule has 0 spiro atoms. The first-order valence-corrected chi connectivity index (χ1v) is 17.9. The van der Waals surface area contributed by atoms with Gasteiger partial charge in [0.2, 0.25) is 0 Å². The van der Waals surface area contributed by atoms with E-state index in [0.717, 1.165) is 24.4 Å². The normalized spacial score (nSPS) is 13.4. The Balaban J connectivity index is 2.57. The van der Waals surface area contributed by atoms with E-state index in [1.165, 1.54) is 0 Å². The topological polar surface area (TPSA) is 38.7 Å². The standard InChI is InChI=1S/C16H31ClO3Si3/c1-21(2,3)19-23(6,7)20-22(4,5)12-8-9-14-13-15(17)10-11-16(14)18/h10-11,13,18H,8-9,12H2,1-7H3. The molecule has 0 heterocycles. The second-order valence-electron chi connectivity index (χ2n) is 8.10. The summed E-state index contributed by atoms with van der Waals surface area (Å²) in [6.45, 7) is 15.5. The molecule has 0 atom stereocenters. The summed E-state index contributed by atoms with van der Waals surface area (Å²) in [5.74, 6) is 0.326. The Hall–Kier alpha value is -0.119. The fraction of sp³-hybridized carbons (Fsp3) is 0.625. The molecule has 7 heteroatoms. The Morgan fingerprint density at radius 1 is 1.00 bits per heavy atom. The summed E-state index contributed by atoms with van der Waals surface area (Å²) in [7, 11) is -5.43. The molecule has 23 heavy (non-hydrogen) atoms. The monoisotopic (exact) mass is 390 g/mol. The van der Waals surface area contributed by atoms with E-state index in [-0.39, 0.29) is 0 Å². The summed E-state index contributed by atoms with van der Waals surface area (Å²) in [5.41, 5.74) is 0.914. The molecule has 0 saturated heterocycles. The first-order valence-electron chi connectivity index (χ1n) is 8.17. The summed E-state index contributed by atoms with van der Waals surface area (Å²) >= 11 is 6.00. The molecular formula is C16H31ClO3Si3. The van der Waals surface area contributed by atoms with Gasteiger partial charge in [0.05, 0.1) is 0 Å². The van der Waals surface area contributed by atoms with E-state index in [0.29, 0.717) is 10.8 Å². The molecule has 132 valence electrons. The van der Waals surface area contributed by atoms with Gasteiger partial charge in [-0.25, -0.2) is 0 Å². The molecule has 0 aliphatic rings. The number of rotatable bonds is 8. The molecule has 0 aromatic heterocycles. The summed E-state index contributed by atoms with van der Waals surface area (Å²) in [5, 5.41) is 10.6. The Kier molecular flexibility index (Phi) is 7.13. The zero-order valence-electron chi connectivity index (χ0n) is 15.5. The number of halogens is 1. The lowest BCUT2D eigenvalue weighted by molar-refractivity contribution is 0.391. The van der Waals surface area contributed by atoms with Gasteiger partial charge in [-0.1, -0.05) is 11.6 Å². The maximum atomic E-state index is 9.89. The highest BCUT2D eigenvalue weighted by Gasteiger charge is 2.37. The van der Waals surface area contributed by atoms with Crippen molar-refractivity contribution in [2.45, 2.75) is 64.7 Å². The van der Waals surface area contributed by atoms with Gasteiger partial charge in [-0.05, 0) is 88.5 Å². The van der Waals surface area contributed by atoms with E-state index in [9.17, 15) is 5.11 Å². The molecule has 0 unspecified atom stereocenters. The maximum absolute atomic E-state index is 9.89. The van der Waals surface area contributed by atoms with Crippen LogP contribution in [0, 0.1) is 0 Å². The molecule has 0 bridgehead atoms. The van der Waals surface area contributed by atoms with Crippen molar-refractivity contribution in [3.8, 4) is 5.75 Å². The number of phenols is 1. The Morgan fingerprint density at radius 2 is 1.61 bits per heavy atom. The van der Waals surface area contributed by atoms with Gasteiger partial charge in [0.25, 0.3) is 0 Å². The number of aromatic hydroxyl groups is 1. The quantitative estimate of drug-likeness (QED) is 0.574. The summed E-state index contributed by atoms with van der Waals surface area (Å²) < 4.78 is 12.8. The molecule has 0 saturated carbocycles. The smallest absolute Gasteiger partial charge is 0.311 e. The Bertz CT molecular complexity index is 528. The van der Waals surface area contributed by atoms with Crippen LogP contribution in [0.1, 0.15) is 12.0 Å². The molecule has 1 N–H and O–H groups in total. The second kappa shape index (κ2) is 7.84. The minimum Gasteiger partial charge on any atom is -0.508 e. The van der Waals surface area contributed by atoms with Crippen LogP contribution in [-0.2, 0) is 14.7 Å². The minimum absolute atomic E-state index is 0.326. The van der Waals surface area contributed by atoms with Crippen molar-refractivity contribution >= 4 is 36.8 Å². The molecule has 1 aromatic carbocycles. The van der Waals surface area contributed by atoms with Crippen molar-refractivity contribution in [1.29, 1.82) is 0 Å². The van der Waals surface area contributed by atoms with Gasteiger partial charge in [-0.15, -0.1) is 0 Å². The molecule has 1 aromatic rings. The fourth-order valence-electron chi connectivity index (χ4n) is 2.93. The van der Waals surface area contributed by atoms with E-state index in [1.807, 2.05) is 6.07 Å². The lowest BCUT2D eigenvalue weighted by Gasteiger charge is -2.37. The number of hydrogen-bond acceptors (Lipinski definition) is 3. The first kappa shape index (κ1) is 20.9. The molecule has 0 radical (unpaired) electrons. The largest absolute Gasteiger partial charge is 0.508 e. The van der Waals surface area contributed by atoms with Crippen LogP contribution in [-0.4, -0.2) is 30.3 Å². The van der Waals surface area contributed by atoms with Gasteiger partial charge >= 0.3 is 8.56 Å². The lowest BCUT2D eigenvalue weighted by Crippen LogP contribution is -2.51. The molecule has 0 fully saturated rings. The van der Waals surface area contributed by atoms with Crippen molar-refractivity contribution in [1.82, 2.24) is 0 Å². The summed E-state index contributed by atoms with van der Waals surface area (Å²) in [6, 6.07) is 6.27. The van der Waals surface area contributed by atoms with E-state index >= 15 is 0 Å². The number of benzene rings is 1. The molecule has 1 rings (SSSR count). The fourth-order valence-corrected chi connectivity index (χ4v) is 16.3. The molecule has 0 aliphatic carbocycles. The van der Waals surface area contributed by atoms with E-state index < -0.39 is 25.2 Å². The van der Waals surface area contributed by atoms with E-state index in [2.05, 4.69) is 45.8 Å². The van der Waals surface area contributed by atoms with Crippen molar-refractivity contribution in [2.24, 2.45) is 0 Å². The van der Waals surface area contributed by atoms with Gasteiger partial charge < -0.3 is 13.3 Å². The van der Waals surface area contributed by atoms with Crippen LogP contribution < -0.4 is 0 Å². The molecule has 3 nitrogen and oxygen atoms in total. The van der Waals surface area contributed by atoms with Crippen LogP contribution in [0.5, 0.6) is 5.75 Å². The zero-order valence-corrected chi connectivity index (χ0v) is 19.3. The molecule has 0 aliphatic heterocycles. The van der Waals surface area contributed by atoms with Crippen molar-refractivity contribution < 1.29 is 13.3 Å². The van der Waals surface area contributed by atoms with Crippen LogP contribution in [0.25, 0.3) is 0 Å². The van der Waals surface area contributed by atoms with Gasteiger partial charge in [0.1, 0.15) is 5.75 Å². The van der Waals surface area contributed by atoms with Crippen LogP contribution >= 0.6 is 11.6 Å². The number of hydrogen-bond donors (Lipinski definition) is 1. The minimum atomic E-state index is -2.07. The van der Waals surface area contributed by atoms with Crippen LogP contribution in [0.15, 0.2) is 18.2 Å². The van der Waals surface area contributed by atoms with Gasteiger partial charge in [-0.3, -0.25) is 0 Å². The Labute approximate surface area is 149 Å². The highest BCUT2D eigenvalue weighted by Crippen LogP contribution is 2.27. The third kappa shape index (κ3) is 8.51. The van der Waals surface area contributed by atoms with E-state index in [1.54, 1.807) is 12.1 Å². The molecular weight excluding hydrogens is 360 g/mol. The number of phenolic OH excluding ortho intramolecular Hbond substituents is 1. The Morgan fingerprint density at radius 3 is 2.17 bits per heavy atom.